The average Bonchev–Trinajstić information content (AvgIpc) is 2.27. The Kier molecular flexibility index (Phi) is 2.86. The van der Waals surface area contributed by atoms with Crippen LogP contribution in [-0.2, 0) is 4.79 Å². The summed E-state index contributed by atoms with van der Waals surface area (Å²) in [6.45, 7) is 1.93. The Morgan fingerprint density at radius 1 is 1.44 bits per heavy atom. The molecule has 0 aliphatic carbocycles. The molecule has 3 heteroatoms. The van der Waals surface area contributed by atoms with Gasteiger partial charge in [-0.1, -0.05) is 25.1 Å². The normalized spacial score (nSPS) is 12.6. The van der Waals surface area contributed by atoms with E-state index in [1.54, 1.807) is 12.4 Å². The third kappa shape index (κ3) is 2.03. The van der Waals surface area contributed by atoms with Crippen LogP contribution in [0.25, 0.3) is 10.8 Å². The molecule has 1 heterocycles. The van der Waals surface area contributed by atoms with Gasteiger partial charge in [0.15, 0.2) is 0 Å². The van der Waals surface area contributed by atoms with Crippen molar-refractivity contribution in [1.29, 1.82) is 0 Å². The van der Waals surface area contributed by atoms with E-state index in [0.717, 1.165) is 16.3 Å². The van der Waals surface area contributed by atoms with Crippen molar-refractivity contribution >= 4 is 16.7 Å². The molecule has 3 nitrogen and oxygen atoms in total. The van der Waals surface area contributed by atoms with Gasteiger partial charge in [0.25, 0.3) is 0 Å². The second-order valence-electron chi connectivity index (χ2n) is 3.94. The number of aromatic nitrogens is 1. The number of carboxylic acids is 1. The van der Waals surface area contributed by atoms with Gasteiger partial charge in [-0.15, -0.1) is 0 Å². The summed E-state index contributed by atoms with van der Waals surface area (Å²) in [4.78, 5) is 14.8. The molecule has 0 radical (unpaired) electrons. The van der Waals surface area contributed by atoms with Gasteiger partial charge in [0.2, 0.25) is 0 Å². The minimum atomic E-state index is -0.770. The van der Waals surface area contributed by atoms with E-state index in [9.17, 15) is 4.79 Å². The van der Waals surface area contributed by atoms with Crippen molar-refractivity contribution in [3.05, 3.63) is 42.2 Å². The lowest BCUT2D eigenvalue weighted by molar-refractivity contribution is -0.137. The fourth-order valence-electron chi connectivity index (χ4n) is 1.94. The standard InChI is InChI=1S/C13H13NO2/c1-9(7-13(15)16)11-4-2-3-10-5-6-14-8-12(10)11/h2-6,8-9H,7H2,1H3,(H,15,16). The molecule has 1 N–H and O–H groups in total. The van der Waals surface area contributed by atoms with Crippen LogP contribution in [0.3, 0.4) is 0 Å². The van der Waals surface area contributed by atoms with Gasteiger partial charge in [-0.05, 0) is 22.9 Å². The number of aliphatic carboxylic acids is 1. The van der Waals surface area contributed by atoms with Crippen LogP contribution in [0, 0.1) is 0 Å². The lowest BCUT2D eigenvalue weighted by Gasteiger charge is -2.11. The van der Waals surface area contributed by atoms with E-state index in [1.807, 2.05) is 31.2 Å². The molecule has 0 aliphatic rings. The smallest absolute Gasteiger partial charge is 0.303 e. The first-order valence-corrected chi connectivity index (χ1v) is 5.23. The Morgan fingerprint density at radius 2 is 2.25 bits per heavy atom. The second kappa shape index (κ2) is 4.31. The summed E-state index contributed by atoms with van der Waals surface area (Å²) in [5, 5.41) is 10.9. The van der Waals surface area contributed by atoms with Crippen LogP contribution >= 0.6 is 0 Å². The number of hydrogen-bond donors (Lipinski definition) is 1. The summed E-state index contributed by atoms with van der Waals surface area (Å²) in [6.07, 6.45) is 3.69. The molecule has 0 saturated carbocycles. The Morgan fingerprint density at radius 3 is 3.00 bits per heavy atom. The molecule has 0 amide bonds. The van der Waals surface area contributed by atoms with Gasteiger partial charge in [-0.2, -0.15) is 0 Å². The molecule has 1 aromatic carbocycles. The topological polar surface area (TPSA) is 50.2 Å². The molecular weight excluding hydrogens is 202 g/mol. The van der Waals surface area contributed by atoms with Crippen LogP contribution in [0.4, 0.5) is 0 Å². The zero-order valence-corrected chi connectivity index (χ0v) is 9.05. The molecule has 2 aromatic rings. The van der Waals surface area contributed by atoms with Crippen LogP contribution in [0.15, 0.2) is 36.7 Å². The van der Waals surface area contributed by atoms with E-state index in [1.165, 1.54) is 0 Å². The highest BCUT2D eigenvalue weighted by molar-refractivity contribution is 5.85. The van der Waals surface area contributed by atoms with Gasteiger partial charge in [0, 0.05) is 17.8 Å². The van der Waals surface area contributed by atoms with E-state index < -0.39 is 5.97 Å². The fraction of sp³-hybridized carbons (Fsp3) is 0.231. The van der Waals surface area contributed by atoms with E-state index in [-0.39, 0.29) is 12.3 Å². The third-order valence-corrected chi connectivity index (χ3v) is 2.73. The largest absolute Gasteiger partial charge is 0.481 e. The minimum absolute atomic E-state index is 0.00500. The number of nitrogens with zero attached hydrogens (tertiary/aromatic N) is 1. The minimum Gasteiger partial charge on any atom is -0.481 e. The summed E-state index contributed by atoms with van der Waals surface area (Å²) in [6, 6.07) is 7.87. The Labute approximate surface area is 93.7 Å². The van der Waals surface area contributed by atoms with Crippen molar-refractivity contribution in [1.82, 2.24) is 4.98 Å². The predicted molar refractivity (Wildman–Crippen MR) is 62.4 cm³/mol. The average molecular weight is 215 g/mol. The Bertz CT molecular complexity index is 517. The van der Waals surface area contributed by atoms with Crippen molar-refractivity contribution in [3.8, 4) is 0 Å². The number of benzene rings is 1. The highest BCUT2D eigenvalue weighted by Crippen LogP contribution is 2.26. The van der Waals surface area contributed by atoms with E-state index in [0.29, 0.717) is 0 Å². The van der Waals surface area contributed by atoms with Crippen molar-refractivity contribution in [2.75, 3.05) is 0 Å². The first-order valence-electron chi connectivity index (χ1n) is 5.23. The first-order chi connectivity index (χ1) is 7.68. The molecule has 0 saturated heterocycles. The van der Waals surface area contributed by atoms with Gasteiger partial charge < -0.3 is 5.11 Å². The zero-order valence-electron chi connectivity index (χ0n) is 9.05. The van der Waals surface area contributed by atoms with Crippen molar-refractivity contribution in [2.45, 2.75) is 19.3 Å². The number of rotatable bonds is 3. The number of carboxylic acid groups (broad SMARTS) is 1. The fourth-order valence-corrected chi connectivity index (χ4v) is 1.94. The molecule has 16 heavy (non-hydrogen) atoms. The van der Waals surface area contributed by atoms with Gasteiger partial charge in [-0.25, -0.2) is 0 Å². The SMILES string of the molecule is CC(CC(=O)O)c1cccc2ccncc12. The second-order valence-corrected chi connectivity index (χ2v) is 3.94. The molecule has 82 valence electrons. The molecule has 0 bridgehead atoms. The Balaban J connectivity index is 2.47. The van der Waals surface area contributed by atoms with Crippen LogP contribution in [0.1, 0.15) is 24.8 Å². The van der Waals surface area contributed by atoms with Crippen LogP contribution < -0.4 is 0 Å². The number of fused-ring (bicyclic) bond motifs is 1. The van der Waals surface area contributed by atoms with Crippen LogP contribution in [-0.4, -0.2) is 16.1 Å². The summed E-state index contributed by atoms with van der Waals surface area (Å²) in [5.41, 5.74) is 1.05. The highest BCUT2D eigenvalue weighted by atomic mass is 16.4. The molecule has 1 unspecified atom stereocenters. The molecule has 0 aliphatic heterocycles. The lowest BCUT2D eigenvalue weighted by Crippen LogP contribution is -2.03. The molecule has 0 spiro atoms. The van der Waals surface area contributed by atoms with Gasteiger partial charge in [0.05, 0.1) is 6.42 Å². The maximum Gasteiger partial charge on any atom is 0.303 e. The lowest BCUT2D eigenvalue weighted by atomic mass is 9.93. The molecule has 2 rings (SSSR count). The summed E-state index contributed by atoms with van der Waals surface area (Å²) in [5.74, 6) is -0.765. The molecular formula is C13H13NO2. The third-order valence-electron chi connectivity index (χ3n) is 2.73. The highest BCUT2D eigenvalue weighted by Gasteiger charge is 2.12. The van der Waals surface area contributed by atoms with Gasteiger partial charge >= 0.3 is 5.97 Å². The van der Waals surface area contributed by atoms with Gasteiger partial charge in [-0.3, -0.25) is 9.78 Å². The maximum atomic E-state index is 10.7. The number of pyridine rings is 1. The number of hydrogen-bond acceptors (Lipinski definition) is 2. The van der Waals surface area contributed by atoms with E-state index >= 15 is 0 Å². The summed E-state index contributed by atoms with van der Waals surface area (Å²) in [7, 11) is 0. The zero-order chi connectivity index (χ0) is 11.5. The maximum absolute atomic E-state index is 10.7. The van der Waals surface area contributed by atoms with Crippen molar-refractivity contribution in [3.63, 3.8) is 0 Å². The first kappa shape index (κ1) is 10.6. The summed E-state index contributed by atoms with van der Waals surface area (Å²) < 4.78 is 0. The molecule has 1 aromatic heterocycles. The number of carbonyl (C=O) groups is 1. The van der Waals surface area contributed by atoms with E-state index in [4.69, 9.17) is 5.11 Å². The van der Waals surface area contributed by atoms with Crippen molar-refractivity contribution < 1.29 is 9.90 Å². The van der Waals surface area contributed by atoms with E-state index in [2.05, 4.69) is 4.98 Å². The monoisotopic (exact) mass is 215 g/mol. The van der Waals surface area contributed by atoms with Crippen LogP contribution in [0.2, 0.25) is 0 Å². The van der Waals surface area contributed by atoms with Gasteiger partial charge in [0.1, 0.15) is 0 Å². The van der Waals surface area contributed by atoms with Crippen molar-refractivity contribution in [2.24, 2.45) is 0 Å². The quantitative estimate of drug-likeness (QED) is 0.856. The Hall–Kier alpha value is -1.90. The summed E-state index contributed by atoms with van der Waals surface area (Å²) >= 11 is 0. The molecule has 0 fully saturated rings. The predicted octanol–water partition coefficient (Wildman–Crippen LogP) is 2.81. The van der Waals surface area contributed by atoms with Crippen LogP contribution in [0.5, 0.6) is 0 Å². The molecule has 1 atom stereocenters.